The first kappa shape index (κ1) is 26.2. The van der Waals surface area contributed by atoms with E-state index >= 15 is 0 Å². The fraction of sp³-hybridized carbons (Fsp3) is 0.500. The molecule has 0 radical (unpaired) electrons. The highest BCUT2D eigenvalue weighted by Gasteiger charge is 2.41. The van der Waals surface area contributed by atoms with Crippen LogP contribution in [0.3, 0.4) is 0 Å². The van der Waals surface area contributed by atoms with E-state index in [4.69, 9.17) is 14.3 Å². The second-order valence-electron chi connectivity index (χ2n) is 9.24. The number of benzene rings is 1. The summed E-state index contributed by atoms with van der Waals surface area (Å²) in [7, 11) is 0. The molecule has 3 saturated carbocycles. The highest BCUT2D eigenvalue weighted by molar-refractivity contribution is 6.75. The van der Waals surface area contributed by atoms with E-state index in [2.05, 4.69) is 30.9 Å². The highest BCUT2D eigenvalue weighted by atomic mass is 16.9. The molecule has 3 aliphatic carbocycles. The Kier molecular flexibility index (Phi) is 9.11. The molecular formula is C24H32BN6O6-. The summed E-state index contributed by atoms with van der Waals surface area (Å²) < 4.78 is 18.0. The molecule has 3 fully saturated rings. The van der Waals surface area contributed by atoms with Crippen LogP contribution in [-0.2, 0) is 14.3 Å². The summed E-state index contributed by atoms with van der Waals surface area (Å²) in [5.41, 5.74) is 3.22. The van der Waals surface area contributed by atoms with Gasteiger partial charge in [-0.2, -0.15) is 0 Å². The average molecular weight is 511 g/mol. The molecule has 0 spiro atoms. The normalized spacial score (nSPS) is 25.7. The molecule has 13 heteroatoms. The first-order valence-electron chi connectivity index (χ1n) is 12.8. The molecule has 0 unspecified atom stereocenters. The summed E-state index contributed by atoms with van der Waals surface area (Å²) >= 11 is 0. The van der Waals surface area contributed by atoms with Crippen molar-refractivity contribution in [2.75, 3.05) is 0 Å². The van der Waals surface area contributed by atoms with E-state index in [0.29, 0.717) is 78.3 Å². The van der Waals surface area contributed by atoms with Crippen LogP contribution in [0.5, 0.6) is 0 Å². The molecule has 3 aliphatic rings. The molecule has 0 atom stereocenters. The first-order chi connectivity index (χ1) is 18.2. The van der Waals surface area contributed by atoms with Crippen LogP contribution in [0.2, 0.25) is 0 Å². The predicted molar refractivity (Wildman–Crippen MR) is 140 cm³/mol. The molecule has 0 saturated heterocycles. The summed E-state index contributed by atoms with van der Waals surface area (Å²) in [6, 6.07) is 8.90. The SMILES string of the molecule is O/N=C1\CCCC\C1=N/O[B-](O/N=C1\CCCC\C1=N/O)(O/N=C1\CCCC\C1=N/O)c1ccccc1. The summed E-state index contributed by atoms with van der Waals surface area (Å²) in [5, 5.41) is 51.3. The molecule has 37 heavy (non-hydrogen) atoms. The zero-order valence-electron chi connectivity index (χ0n) is 20.7. The van der Waals surface area contributed by atoms with E-state index in [1.54, 1.807) is 24.3 Å². The molecule has 198 valence electrons. The largest absolute Gasteiger partial charge is 0.640 e. The van der Waals surface area contributed by atoms with Crippen LogP contribution >= 0.6 is 0 Å². The standard InChI is InChI=1S/C24H32BN6O6/c32-26-19-12-4-7-15-22(19)29-35-25(18-10-2-1-3-11-18,36-30-23-16-8-5-13-20(23)27-33)37-31-24-17-9-6-14-21(24)28-34/h1-3,10-11,32-34H,4-9,12-17H2/q-1/b26-19+,27-20+,28-21+,29-22+,30-23+,31-24+. The van der Waals surface area contributed by atoms with Gasteiger partial charge in [-0.25, -0.2) is 0 Å². The molecule has 1 aromatic rings. The molecule has 0 aliphatic heterocycles. The molecule has 1 aromatic carbocycles. The van der Waals surface area contributed by atoms with Crippen molar-refractivity contribution < 1.29 is 29.9 Å². The number of nitrogens with zero attached hydrogens (tertiary/aromatic N) is 6. The minimum absolute atomic E-state index is 0.436. The summed E-state index contributed by atoms with van der Waals surface area (Å²) in [6.45, 7) is -2.95. The summed E-state index contributed by atoms with van der Waals surface area (Å²) in [5.74, 6) is 0. The van der Waals surface area contributed by atoms with E-state index in [9.17, 15) is 15.6 Å². The van der Waals surface area contributed by atoms with Gasteiger partial charge < -0.3 is 29.9 Å². The van der Waals surface area contributed by atoms with Gasteiger partial charge in [-0.1, -0.05) is 51.3 Å². The van der Waals surface area contributed by atoms with Crippen molar-refractivity contribution in [3.8, 4) is 0 Å². The van der Waals surface area contributed by atoms with Crippen LogP contribution in [0.1, 0.15) is 77.0 Å². The van der Waals surface area contributed by atoms with Gasteiger partial charge in [0.25, 0.3) is 0 Å². The van der Waals surface area contributed by atoms with Gasteiger partial charge >= 0.3 is 6.75 Å². The third-order valence-corrected chi connectivity index (χ3v) is 6.71. The Morgan fingerprint density at radius 2 is 0.811 bits per heavy atom. The van der Waals surface area contributed by atoms with Gasteiger partial charge in [-0.3, -0.25) is 0 Å². The molecule has 4 rings (SSSR count). The van der Waals surface area contributed by atoms with E-state index in [1.165, 1.54) is 0 Å². The van der Waals surface area contributed by atoms with Gasteiger partial charge in [-0.05, 0) is 77.0 Å². The molecule has 0 aromatic heterocycles. The second-order valence-corrected chi connectivity index (χ2v) is 9.24. The van der Waals surface area contributed by atoms with Gasteiger partial charge in [-0.15, -0.1) is 15.5 Å². The van der Waals surface area contributed by atoms with E-state index in [0.717, 1.165) is 38.5 Å². The van der Waals surface area contributed by atoms with Crippen molar-refractivity contribution in [3.63, 3.8) is 0 Å². The maximum Gasteiger partial charge on any atom is 0.640 e. The van der Waals surface area contributed by atoms with E-state index < -0.39 is 6.75 Å². The Bertz CT molecular complexity index is 1010. The lowest BCUT2D eigenvalue weighted by atomic mass is 9.70. The summed E-state index contributed by atoms with van der Waals surface area (Å²) in [4.78, 5) is 0. The fourth-order valence-electron chi connectivity index (χ4n) is 4.57. The van der Waals surface area contributed by atoms with Crippen molar-refractivity contribution in [2.24, 2.45) is 30.9 Å². The molecule has 0 amide bonds. The Labute approximate surface area is 215 Å². The Morgan fingerprint density at radius 1 is 0.486 bits per heavy atom. The molecule has 3 N–H and O–H groups in total. The minimum Gasteiger partial charge on any atom is -0.536 e. The maximum absolute atomic E-state index is 9.44. The van der Waals surface area contributed by atoms with E-state index in [1.807, 2.05) is 6.07 Å². The Hall–Kier alpha value is -3.90. The van der Waals surface area contributed by atoms with E-state index in [-0.39, 0.29) is 0 Å². The van der Waals surface area contributed by atoms with Crippen LogP contribution < -0.4 is 5.46 Å². The van der Waals surface area contributed by atoms with Gasteiger partial charge in [0.05, 0.1) is 17.1 Å². The van der Waals surface area contributed by atoms with Crippen molar-refractivity contribution in [3.05, 3.63) is 30.3 Å². The number of hydrogen-bond donors (Lipinski definition) is 3. The third-order valence-electron chi connectivity index (χ3n) is 6.71. The number of rotatable bonds is 7. The van der Waals surface area contributed by atoms with Crippen molar-refractivity contribution in [1.29, 1.82) is 0 Å². The van der Waals surface area contributed by atoms with Gasteiger partial charge in [0.1, 0.15) is 17.1 Å². The van der Waals surface area contributed by atoms with Crippen LogP contribution in [0.25, 0.3) is 0 Å². The first-order valence-corrected chi connectivity index (χ1v) is 12.8. The predicted octanol–water partition coefficient (Wildman–Crippen LogP) is 4.16. The van der Waals surface area contributed by atoms with Crippen LogP contribution in [-0.4, -0.2) is 56.6 Å². The Morgan fingerprint density at radius 3 is 1.14 bits per heavy atom. The third kappa shape index (κ3) is 6.46. The minimum atomic E-state index is -2.95. The van der Waals surface area contributed by atoms with Gasteiger partial charge in [0.2, 0.25) is 0 Å². The monoisotopic (exact) mass is 511 g/mol. The zero-order chi connectivity index (χ0) is 25.9. The van der Waals surface area contributed by atoms with Crippen molar-refractivity contribution >= 4 is 46.5 Å². The maximum atomic E-state index is 9.44. The van der Waals surface area contributed by atoms with Crippen molar-refractivity contribution in [2.45, 2.75) is 77.0 Å². The van der Waals surface area contributed by atoms with Crippen LogP contribution in [0.15, 0.2) is 61.3 Å². The zero-order valence-corrected chi connectivity index (χ0v) is 20.7. The average Bonchev–Trinajstić information content (AvgIpc) is 2.97. The quantitative estimate of drug-likeness (QED) is 0.283. The van der Waals surface area contributed by atoms with Gasteiger partial charge in [0.15, 0.2) is 0 Å². The lowest BCUT2D eigenvalue weighted by molar-refractivity contribution is 0.0805. The molecule has 0 heterocycles. The van der Waals surface area contributed by atoms with Crippen LogP contribution in [0.4, 0.5) is 0 Å². The highest BCUT2D eigenvalue weighted by Crippen LogP contribution is 2.21. The fourth-order valence-corrected chi connectivity index (χ4v) is 4.57. The summed E-state index contributed by atoms with van der Waals surface area (Å²) in [6.07, 6.45) is 8.65. The molecule has 12 nitrogen and oxygen atoms in total. The lowest BCUT2D eigenvalue weighted by Gasteiger charge is -2.36. The smallest absolute Gasteiger partial charge is 0.536 e. The van der Waals surface area contributed by atoms with Crippen LogP contribution in [0, 0.1) is 0 Å². The number of hydrogen-bond acceptors (Lipinski definition) is 12. The topological polar surface area (TPSA) is 163 Å². The van der Waals surface area contributed by atoms with Gasteiger partial charge in [0, 0.05) is 0 Å². The Balaban J connectivity index is 1.76. The molecular weight excluding hydrogens is 479 g/mol. The van der Waals surface area contributed by atoms with Crippen molar-refractivity contribution in [1.82, 2.24) is 0 Å². The molecule has 0 bridgehead atoms. The number of oxime groups is 6. The second kappa shape index (κ2) is 12.9. The lowest BCUT2D eigenvalue weighted by Crippen LogP contribution is -2.54.